The van der Waals surface area contributed by atoms with E-state index in [9.17, 15) is 24.9 Å². The van der Waals surface area contributed by atoms with Gasteiger partial charge in [-0.15, -0.1) is 0 Å². The lowest BCUT2D eigenvalue weighted by molar-refractivity contribution is 0.0261. The Kier molecular flexibility index (Phi) is 15.2. The predicted molar refractivity (Wildman–Crippen MR) is 179 cm³/mol. The van der Waals surface area contributed by atoms with Crippen LogP contribution in [0.1, 0.15) is 47.1 Å². The SMILES string of the molecule is CC(C)(C)OC(=O)N1C[C@@H](O)[C@H](NCc2ccccc2)C1.CN(C)[C@@H]1CN(C(=O)OC(C)(C)C)C[C@H]1O.CN(C)[C@@H]1CNC[C@H]1O. The molecule has 2 amide bonds. The summed E-state index contributed by atoms with van der Waals surface area (Å²) in [6, 6.07) is 10.2. The third-order valence-corrected chi connectivity index (χ3v) is 7.74. The topological polar surface area (TPSA) is 150 Å². The summed E-state index contributed by atoms with van der Waals surface area (Å²) in [6.45, 7) is 15.0. The number of nitrogens with zero attached hydrogens (tertiary/aromatic N) is 4. The third kappa shape index (κ3) is 13.7. The summed E-state index contributed by atoms with van der Waals surface area (Å²) >= 11 is 0. The van der Waals surface area contributed by atoms with Crippen molar-refractivity contribution in [2.75, 3.05) is 67.5 Å². The molecule has 0 aliphatic carbocycles. The lowest BCUT2D eigenvalue weighted by Gasteiger charge is -2.25. The Bertz CT molecular complexity index is 1060. The van der Waals surface area contributed by atoms with E-state index in [1.807, 2.05) is 110 Å². The molecule has 1 aromatic rings. The molecule has 264 valence electrons. The van der Waals surface area contributed by atoms with E-state index in [4.69, 9.17) is 9.47 Å². The van der Waals surface area contributed by atoms with E-state index in [1.54, 1.807) is 9.80 Å². The predicted octanol–water partition coefficient (Wildman–Crippen LogP) is 1.17. The first-order valence-electron chi connectivity index (χ1n) is 16.1. The van der Waals surface area contributed by atoms with Crippen molar-refractivity contribution in [3.63, 3.8) is 0 Å². The molecular formula is C33H60N6O7. The van der Waals surface area contributed by atoms with Crippen molar-refractivity contribution in [2.24, 2.45) is 0 Å². The van der Waals surface area contributed by atoms with Gasteiger partial charge in [0, 0.05) is 38.8 Å². The minimum Gasteiger partial charge on any atom is -0.444 e. The van der Waals surface area contributed by atoms with Gasteiger partial charge in [0.15, 0.2) is 0 Å². The number of hydrogen-bond donors (Lipinski definition) is 5. The molecule has 3 saturated heterocycles. The number of benzene rings is 1. The van der Waals surface area contributed by atoms with Gasteiger partial charge in [-0.3, -0.25) is 0 Å². The summed E-state index contributed by atoms with van der Waals surface area (Å²) < 4.78 is 10.6. The minimum absolute atomic E-state index is 0.00693. The third-order valence-electron chi connectivity index (χ3n) is 7.74. The smallest absolute Gasteiger partial charge is 0.410 e. The van der Waals surface area contributed by atoms with Gasteiger partial charge in [0.1, 0.15) is 11.2 Å². The molecule has 3 aliphatic heterocycles. The quantitative estimate of drug-likeness (QED) is 0.312. The van der Waals surface area contributed by atoms with Crippen LogP contribution in [0.3, 0.4) is 0 Å². The van der Waals surface area contributed by atoms with E-state index in [2.05, 4.69) is 10.6 Å². The van der Waals surface area contributed by atoms with Crippen molar-refractivity contribution in [3.8, 4) is 0 Å². The fraction of sp³-hybridized carbons (Fsp3) is 0.758. The van der Waals surface area contributed by atoms with Crippen molar-refractivity contribution >= 4 is 12.2 Å². The second-order valence-corrected chi connectivity index (χ2v) is 14.7. The van der Waals surface area contributed by atoms with Crippen LogP contribution in [-0.4, -0.2) is 162 Å². The molecule has 0 aromatic heterocycles. The van der Waals surface area contributed by atoms with Crippen LogP contribution in [0.15, 0.2) is 30.3 Å². The zero-order valence-corrected chi connectivity index (χ0v) is 29.6. The number of amides is 2. The number of β-amino-alcohol motifs (C(OH)–C–C–N with tert-alkyl or cyclic N) is 3. The molecule has 3 heterocycles. The Labute approximate surface area is 275 Å². The molecule has 0 radical (unpaired) electrons. The van der Waals surface area contributed by atoms with Gasteiger partial charge >= 0.3 is 12.2 Å². The van der Waals surface area contributed by atoms with Gasteiger partial charge < -0.3 is 55.0 Å². The molecule has 6 atom stereocenters. The van der Waals surface area contributed by atoms with Crippen LogP contribution in [0.25, 0.3) is 0 Å². The molecule has 0 bridgehead atoms. The highest BCUT2D eigenvalue weighted by molar-refractivity contribution is 5.69. The fourth-order valence-corrected chi connectivity index (χ4v) is 5.24. The highest BCUT2D eigenvalue weighted by atomic mass is 16.6. The summed E-state index contributed by atoms with van der Waals surface area (Å²) in [6.07, 6.45) is -1.97. The Hall–Kier alpha value is -2.52. The van der Waals surface area contributed by atoms with Gasteiger partial charge in [-0.25, -0.2) is 9.59 Å². The van der Waals surface area contributed by atoms with Crippen LogP contribution in [-0.2, 0) is 16.0 Å². The monoisotopic (exact) mass is 652 g/mol. The first-order chi connectivity index (χ1) is 21.3. The molecule has 46 heavy (non-hydrogen) atoms. The van der Waals surface area contributed by atoms with E-state index in [0.717, 1.165) is 18.7 Å². The summed E-state index contributed by atoms with van der Waals surface area (Å²) in [4.78, 5) is 30.8. The number of likely N-dealkylation sites (tertiary alicyclic amines) is 2. The molecular weight excluding hydrogens is 592 g/mol. The van der Waals surface area contributed by atoms with Crippen LogP contribution in [0, 0.1) is 0 Å². The van der Waals surface area contributed by atoms with E-state index in [-0.39, 0.29) is 30.4 Å². The van der Waals surface area contributed by atoms with Crippen molar-refractivity contribution in [1.29, 1.82) is 0 Å². The van der Waals surface area contributed by atoms with Crippen molar-refractivity contribution in [3.05, 3.63) is 35.9 Å². The number of carbonyl (C=O) groups is 2. The Morgan fingerprint density at radius 1 is 0.761 bits per heavy atom. The van der Waals surface area contributed by atoms with E-state index in [0.29, 0.717) is 38.8 Å². The van der Waals surface area contributed by atoms with Crippen molar-refractivity contribution in [1.82, 2.24) is 30.2 Å². The lowest BCUT2D eigenvalue weighted by atomic mass is 10.2. The van der Waals surface area contributed by atoms with Gasteiger partial charge in [-0.05, 0) is 75.3 Å². The van der Waals surface area contributed by atoms with Crippen LogP contribution in [0.4, 0.5) is 9.59 Å². The molecule has 13 heteroatoms. The van der Waals surface area contributed by atoms with Crippen LogP contribution in [0.2, 0.25) is 0 Å². The van der Waals surface area contributed by atoms with Crippen molar-refractivity contribution < 1.29 is 34.4 Å². The van der Waals surface area contributed by atoms with Crippen molar-refractivity contribution in [2.45, 2.75) is 95.7 Å². The lowest BCUT2D eigenvalue weighted by Crippen LogP contribution is -2.39. The zero-order chi connectivity index (χ0) is 34.8. The fourth-order valence-electron chi connectivity index (χ4n) is 5.24. The number of hydrogen-bond acceptors (Lipinski definition) is 11. The highest BCUT2D eigenvalue weighted by Gasteiger charge is 2.37. The average Bonchev–Trinajstić information content (AvgIpc) is 3.65. The first-order valence-corrected chi connectivity index (χ1v) is 16.1. The van der Waals surface area contributed by atoms with E-state index in [1.165, 1.54) is 0 Å². The number of aliphatic hydroxyl groups is 3. The number of aliphatic hydroxyl groups excluding tert-OH is 3. The van der Waals surface area contributed by atoms with Crippen LogP contribution in [0.5, 0.6) is 0 Å². The molecule has 0 saturated carbocycles. The van der Waals surface area contributed by atoms with Gasteiger partial charge in [0.05, 0.1) is 43.5 Å². The van der Waals surface area contributed by atoms with Gasteiger partial charge in [-0.2, -0.15) is 0 Å². The number of carbonyl (C=O) groups excluding carboxylic acids is 2. The molecule has 4 rings (SSSR count). The number of likely N-dealkylation sites (N-methyl/N-ethyl adjacent to an activating group) is 2. The van der Waals surface area contributed by atoms with E-state index >= 15 is 0 Å². The normalized spacial score (nSPS) is 26.4. The average molecular weight is 653 g/mol. The molecule has 13 nitrogen and oxygen atoms in total. The molecule has 0 unspecified atom stereocenters. The molecule has 3 fully saturated rings. The van der Waals surface area contributed by atoms with Crippen LogP contribution < -0.4 is 10.6 Å². The van der Waals surface area contributed by atoms with Gasteiger partial charge in [-0.1, -0.05) is 30.3 Å². The van der Waals surface area contributed by atoms with Crippen LogP contribution >= 0.6 is 0 Å². The maximum atomic E-state index is 12.0. The first kappa shape index (κ1) is 39.7. The molecule has 5 N–H and O–H groups in total. The van der Waals surface area contributed by atoms with Gasteiger partial charge in [0.25, 0.3) is 0 Å². The Morgan fingerprint density at radius 2 is 1.26 bits per heavy atom. The summed E-state index contributed by atoms with van der Waals surface area (Å²) in [7, 11) is 7.76. The van der Waals surface area contributed by atoms with Gasteiger partial charge in [0.2, 0.25) is 0 Å². The molecule has 3 aliphatic rings. The van der Waals surface area contributed by atoms with E-state index < -0.39 is 23.4 Å². The largest absolute Gasteiger partial charge is 0.444 e. The summed E-state index contributed by atoms with van der Waals surface area (Å²) in [5.41, 5.74) is 0.149. The minimum atomic E-state index is -0.568. The standard InChI is InChI=1S/C16H24N2O3.C11H22N2O3.C6H14N2O/c1-16(2,3)21-15(20)18-10-13(14(19)11-18)17-9-12-7-5-4-6-8-12;1-11(2,3)16-10(15)13-6-8(12(4)5)9(14)7-13;1-8(2)5-3-7-4-6(5)9/h4-8,13-14,17,19H,9-11H2,1-3H3;8-9,14H,6-7H2,1-5H3;5-7,9H,3-4H2,1-2H3/t13-,14-;8-,9-;5-,6-/m111/s1. The summed E-state index contributed by atoms with van der Waals surface area (Å²) in [5, 5.41) is 35.5. The molecule has 0 spiro atoms. The molecule has 1 aromatic carbocycles. The number of nitrogens with one attached hydrogen (secondary N) is 2. The number of rotatable bonds is 5. The summed E-state index contributed by atoms with van der Waals surface area (Å²) in [5.74, 6) is 0. The second-order valence-electron chi connectivity index (χ2n) is 14.7. The maximum absolute atomic E-state index is 12.0. The zero-order valence-electron chi connectivity index (χ0n) is 29.6. The Morgan fingerprint density at radius 3 is 1.67 bits per heavy atom. The Balaban J connectivity index is 0.000000260. The second kappa shape index (κ2) is 17.6. The number of ether oxygens (including phenoxy) is 2. The highest BCUT2D eigenvalue weighted by Crippen LogP contribution is 2.18. The maximum Gasteiger partial charge on any atom is 0.410 e.